The number of carbonyl (C=O) groups is 1. The first kappa shape index (κ1) is 35.2. The second kappa shape index (κ2) is 21.7. The van der Waals surface area contributed by atoms with Gasteiger partial charge in [0, 0.05) is 10.1 Å². The van der Waals surface area contributed by atoms with Crippen molar-refractivity contribution in [2.45, 2.75) is 6.18 Å². The summed E-state index contributed by atoms with van der Waals surface area (Å²) in [5.41, 5.74) is -0.0630. The van der Waals surface area contributed by atoms with Gasteiger partial charge in [-0.2, -0.15) is 13.2 Å². The van der Waals surface area contributed by atoms with E-state index in [0.717, 1.165) is 23.2 Å². The molecule has 0 saturated carbocycles. The Bertz CT molecular complexity index is 983. The van der Waals surface area contributed by atoms with Gasteiger partial charge in [-0.3, -0.25) is 0 Å². The maximum absolute atomic E-state index is 13.0. The number of rotatable bonds is 23. The van der Waals surface area contributed by atoms with Crippen LogP contribution in [0.5, 0.6) is 0 Å². The van der Waals surface area contributed by atoms with Crippen molar-refractivity contribution in [1.29, 1.82) is 0 Å². The molecule has 2 rings (SSSR count). The number of esters is 1. The molecule has 0 radical (unpaired) electrons. The molecule has 2 aromatic rings. The zero-order valence-electron chi connectivity index (χ0n) is 22.8. The molecule has 0 spiro atoms. The number of hydrogen-bond donors (Lipinski definition) is 1. The molecule has 0 fully saturated rings. The fraction of sp³-hybridized carbons (Fsp3) is 0.536. The number of hydrogen-bond acceptors (Lipinski definition) is 9. The van der Waals surface area contributed by atoms with E-state index in [4.69, 9.17) is 33.2 Å². The van der Waals surface area contributed by atoms with E-state index in [1.807, 2.05) is 0 Å². The van der Waals surface area contributed by atoms with E-state index in [0.29, 0.717) is 71.8 Å². The number of para-hydroxylation sites is 1. The molecule has 0 aliphatic rings. The molecular formula is C28H37F3INO8. The highest BCUT2D eigenvalue weighted by molar-refractivity contribution is 14.1. The number of carbonyl (C=O) groups excluding carboxylic acids is 1. The Labute approximate surface area is 252 Å². The summed E-state index contributed by atoms with van der Waals surface area (Å²) in [6.07, 6.45) is -4.47. The van der Waals surface area contributed by atoms with E-state index in [2.05, 4.69) is 27.9 Å². The van der Waals surface area contributed by atoms with Gasteiger partial charge in [-0.1, -0.05) is 40.8 Å². The second-order valence-corrected chi connectivity index (χ2v) is 9.33. The Kier molecular flexibility index (Phi) is 18.6. The Balaban J connectivity index is 1.47. The van der Waals surface area contributed by atoms with Crippen LogP contribution < -0.4 is 5.32 Å². The van der Waals surface area contributed by atoms with Gasteiger partial charge in [-0.05, 0) is 30.3 Å². The molecule has 0 aromatic heterocycles. The van der Waals surface area contributed by atoms with Crippen LogP contribution in [-0.4, -0.2) is 96.3 Å². The van der Waals surface area contributed by atoms with E-state index >= 15 is 0 Å². The predicted molar refractivity (Wildman–Crippen MR) is 155 cm³/mol. The van der Waals surface area contributed by atoms with Gasteiger partial charge in [-0.25, -0.2) is 4.79 Å². The van der Waals surface area contributed by atoms with Crippen molar-refractivity contribution >= 4 is 39.9 Å². The first-order chi connectivity index (χ1) is 19.9. The van der Waals surface area contributed by atoms with Crippen LogP contribution in [-0.2, 0) is 39.3 Å². The minimum absolute atomic E-state index is 0.0111. The fourth-order valence-corrected chi connectivity index (χ4v) is 3.54. The molecule has 0 bridgehead atoms. The van der Waals surface area contributed by atoms with Crippen LogP contribution in [0.3, 0.4) is 0 Å². The third-order valence-electron chi connectivity index (χ3n) is 5.16. The summed E-state index contributed by atoms with van der Waals surface area (Å²) < 4.78 is 77.5. The van der Waals surface area contributed by atoms with E-state index in [1.165, 1.54) is 18.2 Å². The van der Waals surface area contributed by atoms with E-state index < -0.39 is 17.7 Å². The molecule has 2 aromatic carbocycles. The topological polar surface area (TPSA) is 93.7 Å². The molecule has 41 heavy (non-hydrogen) atoms. The van der Waals surface area contributed by atoms with Gasteiger partial charge >= 0.3 is 12.1 Å². The maximum Gasteiger partial charge on any atom is 0.416 e. The lowest BCUT2D eigenvalue weighted by Gasteiger charge is -2.13. The van der Waals surface area contributed by atoms with Crippen molar-refractivity contribution in [1.82, 2.24) is 0 Å². The molecule has 1 N–H and O–H groups in total. The number of nitrogens with one attached hydrogen (secondary N) is 1. The van der Waals surface area contributed by atoms with Crippen LogP contribution in [0, 0.1) is 0 Å². The molecule has 0 unspecified atom stereocenters. The summed E-state index contributed by atoms with van der Waals surface area (Å²) in [5.74, 6) is -0.620. The maximum atomic E-state index is 13.0. The lowest BCUT2D eigenvalue weighted by atomic mass is 10.1. The average Bonchev–Trinajstić information content (AvgIpc) is 2.96. The number of benzene rings is 2. The molecule has 0 amide bonds. The van der Waals surface area contributed by atoms with Gasteiger partial charge in [0.25, 0.3) is 0 Å². The highest BCUT2D eigenvalue weighted by Crippen LogP contribution is 2.32. The number of ether oxygens (including phenoxy) is 7. The van der Waals surface area contributed by atoms with Crippen molar-refractivity contribution in [3.8, 4) is 0 Å². The third kappa shape index (κ3) is 16.3. The van der Waals surface area contributed by atoms with Crippen LogP contribution in [0.1, 0.15) is 15.9 Å². The SMILES string of the molecule is O=C(OCCOCCOCCOCCOCCOCCOCCI)c1ccccc1Nc1cccc(C(F)(F)F)c1. The Morgan fingerprint density at radius 3 is 1.66 bits per heavy atom. The standard InChI is InChI=1S/C28H37F3INO8/c29-28(30,31)23-4-3-5-24(22-23)33-26-7-2-1-6-25(26)27(34)41-21-20-40-19-18-39-17-16-38-15-14-37-13-12-36-11-10-35-9-8-32/h1-7,22,33H,8-21H2. The lowest BCUT2D eigenvalue weighted by Crippen LogP contribution is -2.15. The summed E-state index contributed by atoms with van der Waals surface area (Å²) in [4.78, 5) is 12.5. The monoisotopic (exact) mass is 699 g/mol. The van der Waals surface area contributed by atoms with Gasteiger partial charge in [0.1, 0.15) is 6.61 Å². The van der Waals surface area contributed by atoms with Crippen LogP contribution in [0.2, 0.25) is 0 Å². The Morgan fingerprint density at radius 2 is 1.15 bits per heavy atom. The van der Waals surface area contributed by atoms with Crippen molar-refractivity contribution in [3.63, 3.8) is 0 Å². The van der Waals surface area contributed by atoms with Crippen molar-refractivity contribution in [2.75, 3.05) is 95.6 Å². The summed E-state index contributed by atoms with van der Waals surface area (Å²) in [7, 11) is 0. The lowest BCUT2D eigenvalue weighted by molar-refractivity contribution is -0.137. The largest absolute Gasteiger partial charge is 0.460 e. The fourth-order valence-electron chi connectivity index (χ4n) is 3.23. The van der Waals surface area contributed by atoms with Crippen molar-refractivity contribution in [3.05, 3.63) is 59.7 Å². The first-order valence-electron chi connectivity index (χ1n) is 13.1. The number of alkyl halides is 4. The summed E-state index contributed by atoms with van der Waals surface area (Å²) >= 11 is 2.26. The molecule has 0 heterocycles. The van der Waals surface area contributed by atoms with Gasteiger partial charge < -0.3 is 38.5 Å². The highest BCUT2D eigenvalue weighted by atomic mass is 127. The quantitative estimate of drug-likeness (QED) is 0.0733. The molecule has 0 atom stereocenters. The predicted octanol–water partition coefficient (Wildman–Crippen LogP) is 5.14. The minimum Gasteiger partial charge on any atom is -0.460 e. The van der Waals surface area contributed by atoms with Crippen molar-refractivity contribution in [2.24, 2.45) is 0 Å². The van der Waals surface area contributed by atoms with Gasteiger partial charge in [-0.15, -0.1) is 0 Å². The second-order valence-electron chi connectivity index (χ2n) is 8.25. The number of anilines is 2. The van der Waals surface area contributed by atoms with Crippen LogP contribution in [0.4, 0.5) is 24.5 Å². The first-order valence-corrected chi connectivity index (χ1v) is 14.7. The van der Waals surface area contributed by atoms with Crippen LogP contribution in [0.15, 0.2) is 48.5 Å². The van der Waals surface area contributed by atoms with Gasteiger partial charge in [0.15, 0.2) is 0 Å². The molecule has 0 aliphatic carbocycles. The Morgan fingerprint density at radius 1 is 0.659 bits per heavy atom. The molecule has 13 heteroatoms. The molecule has 9 nitrogen and oxygen atoms in total. The van der Waals surface area contributed by atoms with Gasteiger partial charge in [0.05, 0.1) is 96.1 Å². The molecule has 0 saturated heterocycles. The highest BCUT2D eigenvalue weighted by Gasteiger charge is 2.30. The molecular weight excluding hydrogens is 662 g/mol. The number of halogens is 4. The zero-order chi connectivity index (χ0) is 29.6. The van der Waals surface area contributed by atoms with Crippen molar-refractivity contribution < 1.29 is 51.1 Å². The summed E-state index contributed by atoms with van der Waals surface area (Å²) in [6, 6.07) is 11.2. The van der Waals surface area contributed by atoms with Gasteiger partial charge in [0.2, 0.25) is 0 Å². The molecule has 230 valence electrons. The van der Waals surface area contributed by atoms with E-state index in [-0.39, 0.29) is 24.5 Å². The van der Waals surface area contributed by atoms with E-state index in [9.17, 15) is 18.0 Å². The third-order valence-corrected chi connectivity index (χ3v) is 5.60. The summed E-state index contributed by atoms with van der Waals surface area (Å²) in [5, 5.41) is 2.85. The minimum atomic E-state index is -4.47. The Hall–Kier alpha value is -2.01. The normalized spacial score (nSPS) is 11.5. The smallest absolute Gasteiger partial charge is 0.416 e. The summed E-state index contributed by atoms with van der Waals surface area (Å²) in [6.45, 7) is 5.54. The van der Waals surface area contributed by atoms with Crippen LogP contribution in [0.25, 0.3) is 0 Å². The van der Waals surface area contributed by atoms with Crippen LogP contribution >= 0.6 is 22.6 Å². The zero-order valence-corrected chi connectivity index (χ0v) is 25.0. The average molecular weight is 700 g/mol. The van der Waals surface area contributed by atoms with E-state index in [1.54, 1.807) is 18.2 Å². The molecule has 0 aliphatic heterocycles.